The molecule has 0 aliphatic rings. The van der Waals surface area contributed by atoms with Crippen LogP contribution >= 0.6 is 0 Å². The first-order valence-electron chi connectivity index (χ1n) is 19.2. The van der Waals surface area contributed by atoms with Crippen molar-refractivity contribution in [1.29, 1.82) is 0 Å². The number of benzene rings is 1. The Labute approximate surface area is 282 Å². The second-order valence-corrected chi connectivity index (χ2v) is 12.9. The summed E-state index contributed by atoms with van der Waals surface area (Å²) in [5.74, 6) is 0.594. The quantitative estimate of drug-likeness (QED) is 0.0455. The lowest BCUT2D eigenvalue weighted by molar-refractivity contribution is 0.141. The van der Waals surface area contributed by atoms with E-state index in [0.29, 0.717) is 43.3 Å². The van der Waals surface area contributed by atoms with Gasteiger partial charge in [0.1, 0.15) is 0 Å². The molecule has 0 bridgehead atoms. The van der Waals surface area contributed by atoms with Crippen LogP contribution in [0.2, 0.25) is 0 Å². The van der Waals surface area contributed by atoms with Crippen molar-refractivity contribution in [2.24, 2.45) is 0 Å². The molecule has 0 unspecified atom stereocenters. The minimum atomic E-state index is -1.47. The molecule has 0 amide bonds. The van der Waals surface area contributed by atoms with Gasteiger partial charge in [-0.1, -0.05) is 156 Å². The second kappa shape index (κ2) is 28.9. The number of unbranched alkanes of at least 4 members (excludes halogenated alkanes) is 20. The number of carboxylic acid groups (broad SMARTS) is 1. The average Bonchev–Trinajstić information content (AvgIpc) is 3.04. The van der Waals surface area contributed by atoms with E-state index in [2.05, 4.69) is 27.7 Å². The lowest BCUT2D eigenvalue weighted by atomic mass is 10.0. The first kappa shape index (κ1) is 41.7. The number of phenolic OH excluding ortho intramolecular Hbond substituents is 1. The van der Waals surface area contributed by atoms with Crippen molar-refractivity contribution < 1.29 is 34.0 Å². The van der Waals surface area contributed by atoms with Crippen LogP contribution in [0.3, 0.4) is 0 Å². The lowest BCUT2D eigenvalue weighted by Crippen LogP contribution is -2.12. The maximum atomic E-state index is 11.8. The molecule has 7 heteroatoms. The van der Waals surface area contributed by atoms with Gasteiger partial charge in [0.05, 0.1) is 19.8 Å². The number of hydrogen-bond acceptors (Lipinski definition) is 6. The van der Waals surface area contributed by atoms with E-state index in [1.807, 2.05) is 0 Å². The van der Waals surface area contributed by atoms with Crippen molar-refractivity contribution in [3.8, 4) is 28.7 Å². The van der Waals surface area contributed by atoms with E-state index in [9.17, 15) is 15.0 Å². The molecule has 0 aromatic heterocycles. The fourth-order valence-corrected chi connectivity index (χ4v) is 5.79. The molecule has 2 N–H and O–H groups in total. The Morgan fingerprint density at radius 2 is 0.804 bits per heavy atom. The van der Waals surface area contributed by atoms with Crippen LogP contribution in [0.5, 0.6) is 28.7 Å². The molecule has 0 heterocycles. The third kappa shape index (κ3) is 18.7. The Balaban J connectivity index is 3.25. The van der Waals surface area contributed by atoms with E-state index >= 15 is 0 Å². The topological polar surface area (TPSA) is 94.5 Å². The predicted octanol–water partition coefficient (Wildman–Crippen LogP) is 12.6. The van der Waals surface area contributed by atoms with Crippen molar-refractivity contribution >= 4 is 6.16 Å². The van der Waals surface area contributed by atoms with Crippen LogP contribution in [0.15, 0.2) is 0 Å². The van der Waals surface area contributed by atoms with Gasteiger partial charge in [-0.2, -0.15) is 0 Å². The van der Waals surface area contributed by atoms with Gasteiger partial charge >= 0.3 is 6.16 Å². The third-order valence-electron chi connectivity index (χ3n) is 8.59. The molecule has 0 saturated carbocycles. The van der Waals surface area contributed by atoms with E-state index in [1.54, 1.807) is 0 Å². The summed E-state index contributed by atoms with van der Waals surface area (Å²) in [5, 5.41) is 21.1. The van der Waals surface area contributed by atoms with Gasteiger partial charge in [-0.05, 0) is 32.1 Å². The van der Waals surface area contributed by atoms with Crippen molar-refractivity contribution in [2.45, 2.75) is 188 Å². The molecule has 0 aliphatic heterocycles. The van der Waals surface area contributed by atoms with Gasteiger partial charge in [-0.15, -0.1) is 0 Å². The van der Waals surface area contributed by atoms with Crippen LogP contribution < -0.4 is 18.9 Å². The van der Waals surface area contributed by atoms with Crippen LogP contribution in [0.4, 0.5) is 4.79 Å². The highest BCUT2D eigenvalue weighted by Gasteiger charge is 2.30. The van der Waals surface area contributed by atoms with Crippen LogP contribution in [0.25, 0.3) is 0 Å². The summed E-state index contributed by atoms with van der Waals surface area (Å²) in [6, 6.07) is 0. The van der Waals surface area contributed by atoms with Gasteiger partial charge in [0.25, 0.3) is 0 Å². The molecule has 1 aromatic rings. The Bertz CT molecular complexity index is 886. The van der Waals surface area contributed by atoms with E-state index < -0.39 is 6.16 Å². The van der Waals surface area contributed by atoms with Gasteiger partial charge in [-0.3, -0.25) is 0 Å². The smallest absolute Gasteiger partial charge is 0.502 e. The SMILES string of the molecule is CCCCCCCCCOc1c(O)c(OC(=O)O)c(CCCCC)c(OCCCCCCCCC)c1OCCCCCCCCC. The summed E-state index contributed by atoms with van der Waals surface area (Å²) in [4.78, 5) is 11.8. The van der Waals surface area contributed by atoms with E-state index in [-0.39, 0.29) is 17.2 Å². The number of phenols is 1. The van der Waals surface area contributed by atoms with Gasteiger partial charge < -0.3 is 29.2 Å². The van der Waals surface area contributed by atoms with Gasteiger partial charge in [-0.25, -0.2) is 4.79 Å². The average molecular weight is 651 g/mol. The molecular weight excluding hydrogens is 580 g/mol. The summed E-state index contributed by atoms with van der Waals surface area (Å²) >= 11 is 0. The molecule has 0 spiro atoms. The van der Waals surface area contributed by atoms with Crippen molar-refractivity contribution in [3.05, 3.63) is 5.56 Å². The molecule has 1 aromatic carbocycles. The van der Waals surface area contributed by atoms with Gasteiger partial charge in [0.2, 0.25) is 17.2 Å². The molecule has 7 nitrogen and oxygen atoms in total. The lowest BCUT2D eigenvalue weighted by Gasteiger charge is -2.23. The normalized spacial score (nSPS) is 11.1. The standard InChI is InChI=1S/C39H70O7/c1-5-9-13-16-19-22-26-30-43-36-33(29-25-12-8-4)35(46-39(41)42)34(40)37(44-31-27-23-20-17-14-10-6-2)38(36)45-32-28-24-21-18-15-11-7-3/h40H,5-32H2,1-4H3,(H,41,42). The highest BCUT2D eigenvalue weighted by Crippen LogP contribution is 2.54. The molecule has 0 atom stereocenters. The summed E-state index contributed by atoms with van der Waals surface area (Å²) in [5.41, 5.74) is 0.550. The highest BCUT2D eigenvalue weighted by atomic mass is 16.7. The molecule has 0 aliphatic carbocycles. The number of ether oxygens (including phenoxy) is 4. The Kier molecular flexibility index (Phi) is 26.2. The number of hydrogen-bond donors (Lipinski definition) is 2. The van der Waals surface area contributed by atoms with Crippen LogP contribution in [-0.4, -0.2) is 36.2 Å². The molecule has 1 rings (SSSR count). The largest absolute Gasteiger partial charge is 0.511 e. The number of aromatic hydroxyl groups is 1. The number of rotatable bonds is 32. The molecule has 0 fully saturated rings. The van der Waals surface area contributed by atoms with Crippen LogP contribution in [0, 0.1) is 0 Å². The maximum absolute atomic E-state index is 11.8. The molecule has 46 heavy (non-hydrogen) atoms. The van der Waals surface area contributed by atoms with Crippen molar-refractivity contribution in [1.82, 2.24) is 0 Å². The summed E-state index contributed by atoms with van der Waals surface area (Å²) in [7, 11) is 0. The first-order chi connectivity index (χ1) is 22.5. The van der Waals surface area contributed by atoms with E-state index in [0.717, 1.165) is 64.2 Å². The zero-order valence-corrected chi connectivity index (χ0v) is 30.2. The zero-order valence-electron chi connectivity index (χ0n) is 30.2. The predicted molar refractivity (Wildman–Crippen MR) is 190 cm³/mol. The second-order valence-electron chi connectivity index (χ2n) is 12.9. The Morgan fingerprint density at radius 1 is 0.457 bits per heavy atom. The first-order valence-corrected chi connectivity index (χ1v) is 19.2. The molecule has 268 valence electrons. The fraction of sp³-hybridized carbons (Fsp3) is 0.821. The monoisotopic (exact) mass is 651 g/mol. The Hall–Kier alpha value is -2.31. The zero-order chi connectivity index (χ0) is 33.7. The summed E-state index contributed by atoms with van der Waals surface area (Å²) in [6.45, 7) is 10.2. The minimum Gasteiger partial charge on any atom is -0.502 e. The van der Waals surface area contributed by atoms with Gasteiger partial charge in [0, 0.05) is 5.56 Å². The maximum Gasteiger partial charge on any atom is 0.511 e. The minimum absolute atomic E-state index is 0.0870. The molecule has 0 saturated heterocycles. The van der Waals surface area contributed by atoms with Crippen LogP contribution in [-0.2, 0) is 6.42 Å². The number of carbonyl (C=O) groups is 1. The third-order valence-corrected chi connectivity index (χ3v) is 8.59. The van der Waals surface area contributed by atoms with Crippen molar-refractivity contribution in [2.75, 3.05) is 19.8 Å². The van der Waals surface area contributed by atoms with E-state index in [4.69, 9.17) is 18.9 Å². The molecular formula is C39H70O7. The Morgan fingerprint density at radius 3 is 1.22 bits per heavy atom. The summed E-state index contributed by atoms with van der Waals surface area (Å²) < 4.78 is 24.3. The highest BCUT2D eigenvalue weighted by molar-refractivity contribution is 5.73. The van der Waals surface area contributed by atoms with Gasteiger partial charge in [0.15, 0.2) is 11.5 Å². The van der Waals surface area contributed by atoms with E-state index in [1.165, 1.54) is 89.9 Å². The molecule has 0 radical (unpaired) electrons. The van der Waals surface area contributed by atoms with Crippen LogP contribution in [0.1, 0.15) is 187 Å². The fourth-order valence-electron chi connectivity index (χ4n) is 5.79. The van der Waals surface area contributed by atoms with Crippen molar-refractivity contribution in [3.63, 3.8) is 0 Å². The summed E-state index contributed by atoms with van der Waals surface area (Å²) in [6.07, 6.45) is 26.1.